The molecule has 0 radical (unpaired) electrons. The molecule has 2 fully saturated rings. The van der Waals surface area contributed by atoms with E-state index in [4.69, 9.17) is 4.99 Å². The normalized spacial score (nSPS) is 20.2. The first-order valence-electron chi connectivity index (χ1n) is 9.79. The summed E-state index contributed by atoms with van der Waals surface area (Å²) in [4.78, 5) is 21.2. The van der Waals surface area contributed by atoms with Crippen molar-refractivity contribution in [2.45, 2.75) is 26.7 Å². The fourth-order valence-corrected chi connectivity index (χ4v) is 2.97. The number of halogens is 1. The SMILES string of the molecule is CCNC(=NCC(C)CN1CCN(C)CC1)NCCNC(=O)C1CC1.I. The molecule has 0 aromatic heterocycles. The van der Waals surface area contributed by atoms with Gasteiger partial charge in [-0.2, -0.15) is 0 Å². The topological polar surface area (TPSA) is 72.0 Å². The van der Waals surface area contributed by atoms with Crippen molar-refractivity contribution >= 4 is 35.8 Å². The molecule has 0 bridgehead atoms. The Morgan fingerprint density at radius 2 is 1.77 bits per heavy atom. The summed E-state index contributed by atoms with van der Waals surface area (Å²) < 4.78 is 0. The second-order valence-corrected chi connectivity index (χ2v) is 7.42. The Morgan fingerprint density at radius 1 is 1.12 bits per heavy atom. The smallest absolute Gasteiger partial charge is 0.223 e. The van der Waals surface area contributed by atoms with Crippen molar-refractivity contribution in [1.29, 1.82) is 0 Å². The van der Waals surface area contributed by atoms with Crippen molar-refractivity contribution in [3.63, 3.8) is 0 Å². The average Bonchev–Trinajstić information content (AvgIpc) is 3.43. The number of piperazine rings is 1. The van der Waals surface area contributed by atoms with Crippen LogP contribution in [0.4, 0.5) is 0 Å². The van der Waals surface area contributed by atoms with Crippen LogP contribution in [0.15, 0.2) is 4.99 Å². The van der Waals surface area contributed by atoms with Crippen molar-refractivity contribution in [3.05, 3.63) is 0 Å². The number of hydrogen-bond donors (Lipinski definition) is 3. The zero-order valence-electron chi connectivity index (χ0n) is 16.6. The van der Waals surface area contributed by atoms with Gasteiger partial charge in [-0.05, 0) is 32.7 Å². The number of rotatable bonds is 9. The molecule has 1 saturated heterocycles. The number of carbonyl (C=O) groups is 1. The summed E-state index contributed by atoms with van der Waals surface area (Å²) >= 11 is 0. The Balaban J connectivity index is 0.00000338. The van der Waals surface area contributed by atoms with Gasteiger partial charge in [0.15, 0.2) is 5.96 Å². The lowest BCUT2D eigenvalue weighted by atomic mass is 10.1. The van der Waals surface area contributed by atoms with Crippen molar-refractivity contribution in [3.8, 4) is 0 Å². The number of amides is 1. The molecule has 1 atom stereocenters. The Kier molecular flexibility index (Phi) is 11.5. The second-order valence-electron chi connectivity index (χ2n) is 7.42. The van der Waals surface area contributed by atoms with Gasteiger partial charge in [0.1, 0.15) is 0 Å². The van der Waals surface area contributed by atoms with Crippen LogP contribution in [0.25, 0.3) is 0 Å². The molecule has 3 N–H and O–H groups in total. The van der Waals surface area contributed by atoms with Crippen LogP contribution in [0, 0.1) is 11.8 Å². The van der Waals surface area contributed by atoms with Gasteiger partial charge in [0.2, 0.25) is 5.91 Å². The molecule has 2 rings (SSSR count). The monoisotopic (exact) mass is 480 g/mol. The van der Waals surface area contributed by atoms with E-state index in [1.807, 2.05) is 0 Å². The Labute approximate surface area is 175 Å². The van der Waals surface area contributed by atoms with Gasteiger partial charge in [-0.25, -0.2) is 0 Å². The highest BCUT2D eigenvalue weighted by Gasteiger charge is 2.28. The van der Waals surface area contributed by atoms with E-state index in [0.717, 1.165) is 64.6 Å². The van der Waals surface area contributed by atoms with E-state index in [1.165, 1.54) is 0 Å². The van der Waals surface area contributed by atoms with Gasteiger partial charge in [-0.3, -0.25) is 9.79 Å². The van der Waals surface area contributed by atoms with Crippen LogP contribution < -0.4 is 16.0 Å². The lowest BCUT2D eigenvalue weighted by molar-refractivity contribution is -0.122. The molecule has 0 aromatic rings. The third kappa shape index (κ3) is 9.36. The molecule has 0 spiro atoms. The largest absolute Gasteiger partial charge is 0.357 e. The van der Waals surface area contributed by atoms with Crippen LogP contribution in [0.1, 0.15) is 26.7 Å². The number of likely N-dealkylation sites (N-methyl/N-ethyl adjacent to an activating group) is 1. The first kappa shape index (κ1) is 23.4. The van der Waals surface area contributed by atoms with Gasteiger partial charge in [-0.15, -0.1) is 24.0 Å². The second kappa shape index (κ2) is 12.7. The first-order valence-corrected chi connectivity index (χ1v) is 9.79. The molecule has 7 nitrogen and oxygen atoms in total. The van der Waals surface area contributed by atoms with Crippen molar-refractivity contribution < 1.29 is 4.79 Å². The van der Waals surface area contributed by atoms with E-state index in [1.54, 1.807) is 0 Å². The van der Waals surface area contributed by atoms with Gasteiger partial charge in [0, 0.05) is 64.8 Å². The van der Waals surface area contributed by atoms with E-state index in [2.05, 4.69) is 46.6 Å². The average molecular weight is 480 g/mol. The number of aliphatic imine (C=N–C) groups is 1. The predicted molar refractivity (Wildman–Crippen MR) is 118 cm³/mol. The minimum absolute atomic E-state index is 0. The molecule has 26 heavy (non-hydrogen) atoms. The lowest BCUT2D eigenvalue weighted by Gasteiger charge is -2.33. The molecule has 1 heterocycles. The minimum Gasteiger partial charge on any atom is -0.357 e. The number of nitrogens with one attached hydrogen (secondary N) is 3. The maximum absolute atomic E-state index is 11.6. The number of hydrogen-bond acceptors (Lipinski definition) is 4. The number of nitrogens with zero attached hydrogens (tertiary/aromatic N) is 3. The van der Waals surface area contributed by atoms with E-state index >= 15 is 0 Å². The molecule has 8 heteroatoms. The molecular formula is C18H37IN6O. The zero-order valence-corrected chi connectivity index (χ0v) is 18.9. The maximum atomic E-state index is 11.6. The summed E-state index contributed by atoms with van der Waals surface area (Å²) in [5.74, 6) is 1.85. The molecule has 152 valence electrons. The fourth-order valence-electron chi connectivity index (χ4n) is 2.97. The van der Waals surface area contributed by atoms with Crippen LogP contribution in [-0.2, 0) is 4.79 Å². The van der Waals surface area contributed by atoms with Gasteiger partial charge < -0.3 is 25.8 Å². The van der Waals surface area contributed by atoms with Crippen LogP contribution in [-0.4, -0.2) is 87.6 Å². The summed E-state index contributed by atoms with van der Waals surface area (Å²) in [5, 5.41) is 9.55. The maximum Gasteiger partial charge on any atom is 0.223 e. The minimum atomic E-state index is 0. The van der Waals surface area contributed by atoms with Gasteiger partial charge in [0.25, 0.3) is 0 Å². The zero-order chi connectivity index (χ0) is 18.1. The first-order chi connectivity index (χ1) is 12.1. The molecule has 1 aliphatic carbocycles. The van der Waals surface area contributed by atoms with Gasteiger partial charge >= 0.3 is 0 Å². The number of carbonyl (C=O) groups excluding carboxylic acids is 1. The van der Waals surface area contributed by atoms with Crippen LogP contribution in [0.3, 0.4) is 0 Å². The summed E-state index contributed by atoms with van der Waals surface area (Å²) in [6.45, 7) is 13.1. The van der Waals surface area contributed by atoms with Crippen molar-refractivity contribution in [1.82, 2.24) is 25.8 Å². The van der Waals surface area contributed by atoms with E-state index in [9.17, 15) is 4.79 Å². The summed E-state index contributed by atoms with van der Waals surface area (Å²) in [7, 11) is 2.19. The molecule has 1 amide bonds. The van der Waals surface area contributed by atoms with Crippen molar-refractivity contribution in [2.24, 2.45) is 16.8 Å². The van der Waals surface area contributed by atoms with Gasteiger partial charge in [0.05, 0.1) is 0 Å². The Bertz CT molecular complexity index is 435. The summed E-state index contributed by atoms with van der Waals surface area (Å²) in [6, 6.07) is 0. The van der Waals surface area contributed by atoms with Crippen LogP contribution >= 0.6 is 24.0 Å². The molecule has 1 aliphatic heterocycles. The highest BCUT2D eigenvalue weighted by Crippen LogP contribution is 2.28. The van der Waals surface area contributed by atoms with E-state index in [-0.39, 0.29) is 35.8 Å². The quantitative estimate of drug-likeness (QED) is 0.195. The fraction of sp³-hybridized carbons (Fsp3) is 0.889. The summed E-state index contributed by atoms with van der Waals surface area (Å²) in [5.41, 5.74) is 0. The molecular weight excluding hydrogens is 443 g/mol. The molecule has 0 aromatic carbocycles. The highest BCUT2D eigenvalue weighted by molar-refractivity contribution is 14.0. The standard InChI is InChI=1S/C18H36N6O.HI/c1-4-19-18(21-8-7-20-17(25)16-5-6-16)22-13-15(2)14-24-11-9-23(3)10-12-24;/h15-16H,4-14H2,1-3H3,(H,20,25)(H2,19,21,22);1H. The van der Waals surface area contributed by atoms with Crippen LogP contribution in [0.2, 0.25) is 0 Å². The lowest BCUT2D eigenvalue weighted by Crippen LogP contribution is -2.46. The van der Waals surface area contributed by atoms with Crippen molar-refractivity contribution in [2.75, 3.05) is 66.0 Å². The Morgan fingerprint density at radius 3 is 2.38 bits per heavy atom. The predicted octanol–water partition coefficient (Wildman–Crippen LogP) is 0.569. The highest BCUT2D eigenvalue weighted by atomic mass is 127. The van der Waals surface area contributed by atoms with Gasteiger partial charge in [-0.1, -0.05) is 6.92 Å². The van der Waals surface area contributed by atoms with Crippen LogP contribution in [0.5, 0.6) is 0 Å². The molecule has 1 unspecified atom stereocenters. The third-order valence-corrected chi connectivity index (χ3v) is 4.74. The third-order valence-electron chi connectivity index (χ3n) is 4.74. The Hall–Kier alpha value is -0.610. The number of guanidine groups is 1. The summed E-state index contributed by atoms with van der Waals surface area (Å²) in [6.07, 6.45) is 2.10. The van der Waals surface area contributed by atoms with E-state index in [0.29, 0.717) is 19.0 Å². The molecule has 1 saturated carbocycles. The molecule has 2 aliphatic rings. The van der Waals surface area contributed by atoms with E-state index < -0.39 is 0 Å².